The van der Waals surface area contributed by atoms with E-state index in [1.807, 2.05) is 6.92 Å². The summed E-state index contributed by atoms with van der Waals surface area (Å²) in [5, 5.41) is 12.0. The van der Waals surface area contributed by atoms with E-state index in [-0.39, 0.29) is 18.6 Å². The van der Waals surface area contributed by atoms with Crippen LogP contribution >= 0.6 is 0 Å². The standard InChI is InChI=1S/C13H22N2O3/c1-4-6-10(2)14-12(18)15-8-5-7-13(3,9-15)11(16)17/h4,10H,1,5-9H2,2-3H3,(H,14,18)(H,16,17). The lowest BCUT2D eigenvalue weighted by atomic mass is 9.82. The number of likely N-dealkylation sites (tertiary alicyclic amines) is 1. The number of carboxylic acid groups (broad SMARTS) is 1. The van der Waals surface area contributed by atoms with Crippen LogP contribution in [0.3, 0.4) is 0 Å². The molecule has 0 bridgehead atoms. The molecule has 1 fully saturated rings. The van der Waals surface area contributed by atoms with Gasteiger partial charge in [-0.2, -0.15) is 0 Å². The lowest BCUT2D eigenvalue weighted by molar-refractivity contribution is -0.150. The molecule has 0 radical (unpaired) electrons. The molecule has 1 heterocycles. The fraction of sp³-hybridized carbons (Fsp3) is 0.692. The van der Waals surface area contributed by atoms with E-state index in [1.54, 1.807) is 17.9 Å². The highest BCUT2D eigenvalue weighted by Gasteiger charge is 2.39. The van der Waals surface area contributed by atoms with E-state index in [2.05, 4.69) is 11.9 Å². The van der Waals surface area contributed by atoms with E-state index in [0.29, 0.717) is 19.4 Å². The van der Waals surface area contributed by atoms with Crippen molar-refractivity contribution in [2.45, 2.75) is 39.2 Å². The molecule has 0 saturated carbocycles. The first-order chi connectivity index (χ1) is 8.39. The smallest absolute Gasteiger partial charge is 0.317 e. The van der Waals surface area contributed by atoms with Crippen LogP contribution < -0.4 is 5.32 Å². The molecule has 0 aromatic carbocycles. The highest BCUT2D eigenvalue weighted by Crippen LogP contribution is 2.29. The summed E-state index contributed by atoms with van der Waals surface area (Å²) in [7, 11) is 0. The molecule has 5 nitrogen and oxygen atoms in total. The van der Waals surface area contributed by atoms with Crippen LogP contribution in [0.5, 0.6) is 0 Å². The third-order valence-corrected chi connectivity index (χ3v) is 3.39. The Morgan fingerprint density at radius 2 is 2.28 bits per heavy atom. The van der Waals surface area contributed by atoms with E-state index in [9.17, 15) is 14.7 Å². The average Bonchev–Trinajstić information content (AvgIpc) is 2.29. The van der Waals surface area contributed by atoms with Crippen molar-refractivity contribution in [3.63, 3.8) is 0 Å². The summed E-state index contributed by atoms with van der Waals surface area (Å²) in [5.74, 6) is -0.834. The molecule has 5 heteroatoms. The second-order valence-electron chi connectivity index (χ2n) is 5.27. The SMILES string of the molecule is C=CCC(C)NC(=O)N1CCCC(C)(C(=O)O)C1. The van der Waals surface area contributed by atoms with Gasteiger partial charge in [0.15, 0.2) is 0 Å². The molecule has 0 spiro atoms. The van der Waals surface area contributed by atoms with Crippen molar-refractivity contribution in [1.82, 2.24) is 10.2 Å². The summed E-state index contributed by atoms with van der Waals surface area (Å²) in [6.45, 7) is 8.12. The Balaban J connectivity index is 2.58. The van der Waals surface area contributed by atoms with Crippen LogP contribution in [0, 0.1) is 5.41 Å². The molecule has 2 N–H and O–H groups in total. The number of amides is 2. The molecule has 2 unspecified atom stereocenters. The first-order valence-electron chi connectivity index (χ1n) is 6.29. The van der Waals surface area contributed by atoms with Crippen molar-refractivity contribution in [3.05, 3.63) is 12.7 Å². The maximum absolute atomic E-state index is 12.0. The zero-order valence-corrected chi connectivity index (χ0v) is 11.1. The van der Waals surface area contributed by atoms with E-state index in [0.717, 1.165) is 6.42 Å². The number of nitrogens with zero attached hydrogens (tertiary/aromatic N) is 1. The summed E-state index contributed by atoms with van der Waals surface area (Å²) in [6.07, 6.45) is 3.80. The number of hydrogen-bond acceptors (Lipinski definition) is 2. The Hall–Kier alpha value is -1.52. The van der Waals surface area contributed by atoms with Gasteiger partial charge in [-0.3, -0.25) is 4.79 Å². The van der Waals surface area contributed by atoms with Gasteiger partial charge in [0.2, 0.25) is 0 Å². The molecular formula is C13H22N2O3. The van der Waals surface area contributed by atoms with Crippen molar-refractivity contribution in [2.75, 3.05) is 13.1 Å². The summed E-state index contributed by atoms with van der Waals surface area (Å²) in [6, 6.07) is -0.162. The molecule has 0 aromatic heterocycles. The van der Waals surface area contributed by atoms with Crippen molar-refractivity contribution in [3.8, 4) is 0 Å². The third-order valence-electron chi connectivity index (χ3n) is 3.39. The zero-order chi connectivity index (χ0) is 13.8. The highest BCUT2D eigenvalue weighted by atomic mass is 16.4. The molecule has 0 aromatic rings. The topological polar surface area (TPSA) is 69.6 Å². The number of nitrogens with one attached hydrogen (secondary N) is 1. The lowest BCUT2D eigenvalue weighted by Gasteiger charge is -2.37. The maximum Gasteiger partial charge on any atom is 0.317 e. The van der Waals surface area contributed by atoms with Gasteiger partial charge in [-0.15, -0.1) is 6.58 Å². The van der Waals surface area contributed by atoms with E-state index < -0.39 is 11.4 Å². The quantitative estimate of drug-likeness (QED) is 0.752. The number of carbonyl (C=O) groups excluding carboxylic acids is 1. The number of hydrogen-bond donors (Lipinski definition) is 2. The summed E-state index contributed by atoms with van der Waals surface area (Å²) in [5.41, 5.74) is -0.822. The Bertz CT molecular complexity index is 343. The van der Waals surface area contributed by atoms with Crippen molar-refractivity contribution < 1.29 is 14.7 Å². The maximum atomic E-state index is 12.0. The molecule has 1 aliphatic rings. The number of rotatable bonds is 4. The minimum atomic E-state index is -0.834. The normalized spacial score (nSPS) is 25.3. The predicted octanol–water partition coefficient (Wildman–Crippen LogP) is 1.85. The van der Waals surface area contributed by atoms with Gasteiger partial charge in [0, 0.05) is 19.1 Å². The van der Waals surface area contributed by atoms with Crippen LogP contribution in [-0.4, -0.2) is 41.1 Å². The summed E-state index contributed by atoms with van der Waals surface area (Å²) >= 11 is 0. The summed E-state index contributed by atoms with van der Waals surface area (Å²) < 4.78 is 0. The Kier molecular flexibility index (Phi) is 4.76. The van der Waals surface area contributed by atoms with Crippen LogP contribution in [0.2, 0.25) is 0 Å². The van der Waals surface area contributed by atoms with Crippen molar-refractivity contribution in [2.24, 2.45) is 5.41 Å². The van der Waals surface area contributed by atoms with Gasteiger partial charge in [0.25, 0.3) is 0 Å². The minimum absolute atomic E-state index is 0.0213. The molecule has 102 valence electrons. The van der Waals surface area contributed by atoms with Gasteiger partial charge in [-0.1, -0.05) is 6.08 Å². The van der Waals surface area contributed by atoms with Crippen LogP contribution in [0.15, 0.2) is 12.7 Å². The zero-order valence-electron chi connectivity index (χ0n) is 11.1. The second-order valence-corrected chi connectivity index (χ2v) is 5.27. The number of carboxylic acids is 1. The Morgan fingerprint density at radius 3 is 2.83 bits per heavy atom. The van der Waals surface area contributed by atoms with E-state index in [4.69, 9.17) is 0 Å². The van der Waals surface area contributed by atoms with Gasteiger partial charge in [-0.25, -0.2) is 4.79 Å². The first kappa shape index (κ1) is 14.5. The van der Waals surface area contributed by atoms with Gasteiger partial charge in [0.1, 0.15) is 0 Å². The fourth-order valence-corrected chi connectivity index (χ4v) is 2.20. The molecule has 1 rings (SSSR count). The molecule has 0 aliphatic carbocycles. The molecular weight excluding hydrogens is 232 g/mol. The van der Waals surface area contributed by atoms with Crippen LogP contribution in [0.4, 0.5) is 4.79 Å². The van der Waals surface area contributed by atoms with Gasteiger partial charge < -0.3 is 15.3 Å². The van der Waals surface area contributed by atoms with E-state index in [1.165, 1.54) is 0 Å². The molecule has 2 amide bonds. The minimum Gasteiger partial charge on any atom is -0.481 e. The lowest BCUT2D eigenvalue weighted by Crippen LogP contribution is -2.52. The average molecular weight is 254 g/mol. The first-order valence-corrected chi connectivity index (χ1v) is 6.29. The fourth-order valence-electron chi connectivity index (χ4n) is 2.20. The van der Waals surface area contributed by atoms with Gasteiger partial charge in [0.05, 0.1) is 5.41 Å². The number of piperidine rings is 1. The van der Waals surface area contributed by atoms with E-state index >= 15 is 0 Å². The Labute approximate surface area is 108 Å². The number of aliphatic carboxylic acids is 1. The van der Waals surface area contributed by atoms with Crippen LogP contribution in [0.1, 0.15) is 33.1 Å². The van der Waals surface area contributed by atoms with Crippen LogP contribution in [-0.2, 0) is 4.79 Å². The second kappa shape index (κ2) is 5.89. The molecule has 1 aliphatic heterocycles. The predicted molar refractivity (Wildman–Crippen MR) is 69.4 cm³/mol. The highest BCUT2D eigenvalue weighted by molar-refractivity contribution is 5.78. The van der Waals surface area contributed by atoms with Crippen molar-refractivity contribution >= 4 is 12.0 Å². The molecule has 1 saturated heterocycles. The summed E-state index contributed by atoms with van der Waals surface area (Å²) in [4.78, 5) is 24.8. The van der Waals surface area contributed by atoms with Gasteiger partial charge in [-0.05, 0) is 33.1 Å². The number of urea groups is 1. The largest absolute Gasteiger partial charge is 0.481 e. The molecule has 18 heavy (non-hydrogen) atoms. The van der Waals surface area contributed by atoms with Gasteiger partial charge >= 0.3 is 12.0 Å². The third kappa shape index (κ3) is 3.48. The monoisotopic (exact) mass is 254 g/mol. The van der Waals surface area contributed by atoms with Crippen LogP contribution in [0.25, 0.3) is 0 Å². The number of carbonyl (C=O) groups is 2. The van der Waals surface area contributed by atoms with Crippen molar-refractivity contribution in [1.29, 1.82) is 0 Å². The molecule has 2 atom stereocenters. The Morgan fingerprint density at radius 1 is 1.61 bits per heavy atom.